The molecule has 1 aliphatic heterocycles. The Balaban J connectivity index is 1.11. The first-order valence-corrected chi connectivity index (χ1v) is 21.2. The zero-order chi connectivity index (χ0) is 40.4. The van der Waals surface area contributed by atoms with Crippen LogP contribution in [0.2, 0.25) is 0 Å². The van der Waals surface area contributed by atoms with E-state index in [2.05, 4.69) is 222 Å². The van der Waals surface area contributed by atoms with Gasteiger partial charge in [-0.05, 0) is 97.9 Å². The normalized spacial score (nSPS) is 15.8. The van der Waals surface area contributed by atoms with Crippen LogP contribution in [0.4, 0.5) is 0 Å². The summed E-state index contributed by atoms with van der Waals surface area (Å²) in [6.45, 7) is 4.75. The van der Waals surface area contributed by atoms with Gasteiger partial charge in [-0.25, -0.2) is 4.99 Å². The van der Waals surface area contributed by atoms with E-state index in [1.54, 1.807) is 0 Å². The lowest BCUT2D eigenvalue weighted by atomic mass is 9.83. The number of para-hydroxylation sites is 2. The fourth-order valence-corrected chi connectivity index (χ4v) is 10.6. The summed E-state index contributed by atoms with van der Waals surface area (Å²) in [6, 6.07) is 71.1. The topological polar surface area (TPSA) is 34.2 Å². The third-order valence-electron chi connectivity index (χ3n) is 13.5. The van der Waals surface area contributed by atoms with Crippen LogP contribution in [0.1, 0.15) is 36.7 Å². The van der Waals surface area contributed by atoms with Gasteiger partial charge in [0.25, 0.3) is 0 Å². The van der Waals surface area contributed by atoms with Crippen LogP contribution in [-0.4, -0.2) is 15.0 Å². The first-order valence-electron chi connectivity index (χ1n) is 21.2. The molecule has 1 N–H and O–H groups in total. The number of hydrogen-bond acceptors (Lipinski definition) is 2. The highest BCUT2D eigenvalue weighted by atomic mass is 15.2. The van der Waals surface area contributed by atoms with Crippen molar-refractivity contribution in [3.05, 3.63) is 217 Å². The minimum atomic E-state index is -0.351. The van der Waals surface area contributed by atoms with Crippen molar-refractivity contribution in [3.63, 3.8) is 0 Å². The van der Waals surface area contributed by atoms with Crippen molar-refractivity contribution in [2.24, 2.45) is 4.99 Å². The molecule has 4 heteroatoms. The molecule has 0 fully saturated rings. The second-order valence-electron chi connectivity index (χ2n) is 17.2. The van der Waals surface area contributed by atoms with E-state index in [0.717, 1.165) is 33.7 Å². The molecule has 2 aliphatic rings. The molecule has 0 spiro atoms. The highest BCUT2D eigenvalue weighted by Crippen LogP contribution is 2.51. The van der Waals surface area contributed by atoms with Crippen molar-refractivity contribution >= 4 is 76.6 Å². The molecule has 13 rings (SSSR count). The smallest absolute Gasteiger partial charge is 0.147 e. The van der Waals surface area contributed by atoms with Gasteiger partial charge in [-0.15, -0.1) is 0 Å². The van der Waals surface area contributed by atoms with Crippen LogP contribution < -0.4 is 5.32 Å². The van der Waals surface area contributed by atoms with Gasteiger partial charge in [-0.1, -0.05) is 159 Å². The molecule has 0 saturated carbocycles. The average Bonchev–Trinajstić information content (AvgIpc) is 3.90. The zero-order valence-corrected chi connectivity index (χ0v) is 33.9. The lowest BCUT2D eigenvalue weighted by molar-refractivity contribution is 0.516. The maximum Gasteiger partial charge on any atom is 0.147 e. The summed E-state index contributed by atoms with van der Waals surface area (Å²) >= 11 is 0. The van der Waals surface area contributed by atoms with Crippen molar-refractivity contribution < 1.29 is 0 Å². The van der Waals surface area contributed by atoms with E-state index in [4.69, 9.17) is 4.99 Å². The fraction of sp³-hybridized carbons (Fsp3) is 0.0702. The van der Waals surface area contributed by atoms with E-state index in [-0.39, 0.29) is 11.6 Å². The molecule has 0 bridgehead atoms. The minimum Gasteiger partial charge on any atom is -0.362 e. The van der Waals surface area contributed by atoms with Crippen molar-refractivity contribution in [2.75, 3.05) is 0 Å². The Bertz CT molecular complexity index is 3690. The zero-order valence-electron chi connectivity index (χ0n) is 33.9. The van der Waals surface area contributed by atoms with E-state index < -0.39 is 0 Å². The van der Waals surface area contributed by atoms with E-state index in [1.807, 2.05) is 0 Å². The Morgan fingerprint density at radius 3 is 1.97 bits per heavy atom. The highest BCUT2D eigenvalue weighted by Gasteiger charge is 2.44. The van der Waals surface area contributed by atoms with Crippen LogP contribution in [0.3, 0.4) is 0 Å². The number of allylic oxidation sites excluding steroid dienone is 2. The molecule has 9 aromatic carbocycles. The molecule has 1 unspecified atom stereocenters. The number of nitrogens with zero attached hydrogens (tertiary/aromatic N) is 3. The second kappa shape index (κ2) is 12.7. The van der Waals surface area contributed by atoms with Gasteiger partial charge in [0.1, 0.15) is 12.0 Å². The summed E-state index contributed by atoms with van der Waals surface area (Å²) in [6.07, 6.45) is -0.351. The first-order chi connectivity index (χ1) is 30.0. The molecular formula is C57H40N4. The quantitative estimate of drug-likeness (QED) is 0.190. The van der Waals surface area contributed by atoms with Gasteiger partial charge >= 0.3 is 0 Å². The van der Waals surface area contributed by atoms with Crippen molar-refractivity contribution in [3.8, 4) is 16.8 Å². The van der Waals surface area contributed by atoms with Crippen molar-refractivity contribution in [1.29, 1.82) is 0 Å². The standard InChI is InChI=1S/C57H40N4/c1-57(2)47-32-39(35-15-5-3-6-16-35)25-29-45(47)53-54(57)58-55(40-26-28-44-43-23-13-14-24-48(43)60(50(44)34-40)41-20-7-4-8-21-41)59-56(53)61-49-30-27-36-17-11-12-22-42(36)52(49)46-31-37-18-9-10-19-38(37)33-51(46)61/h3-34,55,58H,1-2H3. The molecule has 11 aromatic rings. The molecule has 3 heterocycles. The number of hydrogen-bond donors (Lipinski definition) is 1. The van der Waals surface area contributed by atoms with E-state index in [1.165, 1.54) is 82.1 Å². The molecule has 0 saturated heterocycles. The Morgan fingerprint density at radius 2 is 1.15 bits per heavy atom. The van der Waals surface area contributed by atoms with Gasteiger partial charge in [0.05, 0.1) is 22.1 Å². The Morgan fingerprint density at radius 1 is 0.475 bits per heavy atom. The lowest BCUT2D eigenvalue weighted by Crippen LogP contribution is -2.35. The van der Waals surface area contributed by atoms with Crippen LogP contribution in [-0.2, 0) is 5.41 Å². The SMILES string of the molecule is CC1(C)C2=C(C(n3c4cc5ccccc5cc4c4c5ccccc5ccc43)=NC(c3ccc4c5ccccc5n(-c5ccccc5)c4c3)N2)c2ccc(-c3ccccc3)cc21. The van der Waals surface area contributed by atoms with Gasteiger partial charge in [0.2, 0.25) is 0 Å². The molecular weight excluding hydrogens is 741 g/mol. The molecule has 1 atom stereocenters. The summed E-state index contributed by atoms with van der Waals surface area (Å²) in [5, 5.41) is 14.0. The molecule has 0 radical (unpaired) electrons. The van der Waals surface area contributed by atoms with Crippen molar-refractivity contribution in [1.82, 2.24) is 14.5 Å². The second-order valence-corrected chi connectivity index (χ2v) is 17.2. The average molecular weight is 781 g/mol. The maximum atomic E-state index is 5.91. The Kier molecular flexibility index (Phi) is 7.10. The third kappa shape index (κ3) is 4.90. The Labute approximate surface area is 353 Å². The van der Waals surface area contributed by atoms with E-state index >= 15 is 0 Å². The molecule has 4 nitrogen and oxygen atoms in total. The predicted octanol–water partition coefficient (Wildman–Crippen LogP) is 14.1. The van der Waals surface area contributed by atoms with Crippen LogP contribution >= 0.6 is 0 Å². The van der Waals surface area contributed by atoms with Gasteiger partial charge in [-0.2, -0.15) is 0 Å². The van der Waals surface area contributed by atoms with E-state index in [0.29, 0.717) is 0 Å². The largest absolute Gasteiger partial charge is 0.362 e. The molecule has 0 amide bonds. The molecule has 61 heavy (non-hydrogen) atoms. The van der Waals surface area contributed by atoms with Crippen LogP contribution in [0, 0.1) is 0 Å². The molecule has 1 aliphatic carbocycles. The fourth-order valence-electron chi connectivity index (χ4n) is 10.6. The van der Waals surface area contributed by atoms with Crippen LogP contribution in [0.25, 0.3) is 87.5 Å². The van der Waals surface area contributed by atoms with E-state index in [9.17, 15) is 0 Å². The number of fused-ring (bicyclic) bond motifs is 11. The lowest BCUT2D eigenvalue weighted by Gasteiger charge is -2.32. The number of benzene rings is 9. The van der Waals surface area contributed by atoms with Gasteiger partial charge in [-0.3, -0.25) is 4.57 Å². The van der Waals surface area contributed by atoms with Crippen LogP contribution in [0.5, 0.6) is 0 Å². The van der Waals surface area contributed by atoms with Gasteiger partial charge in [0.15, 0.2) is 0 Å². The molecule has 288 valence electrons. The minimum absolute atomic E-state index is 0.337. The summed E-state index contributed by atoms with van der Waals surface area (Å²) in [4.78, 5) is 5.91. The van der Waals surface area contributed by atoms with Crippen LogP contribution in [0.15, 0.2) is 205 Å². The van der Waals surface area contributed by atoms with Gasteiger partial charge < -0.3 is 9.88 Å². The summed E-state index contributed by atoms with van der Waals surface area (Å²) in [5.41, 5.74) is 13.9. The molecule has 2 aromatic heterocycles. The highest BCUT2D eigenvalue weighted by molar-refractivity contribution is 6.34. The summed E-state index contributed by atoms with van der Waals surface area (Å²) in [5.74, 6) is 0.965. The number of aromatic nitrogens is 2. The summed E-state index contributed by atoms with van der Waals surface area (Å²) in [7, 11) is 0. The Hall–Kier alpha value is -7.69. The predicted molar refractivity (Wildman–Crippen MR) is 256 cm³/mol. The van der Waals surface area contributed by atoms with Gasteiger partial charge in [0, 0.05) is 43.9 Å². The number of nitrogens with one attached hydrogen (secondary N) is 1. The maximum absolute atomic E-state index is 5.91. The van der Waals surface area contributed by atoms with Crippen molar-refractivity contribution in [2.45, 2.75) is 25.4 Å². The first kappa shape index (κ1) is 34.2. The summed E-state index contributed by atoms with van der Waals surface area (Å²) < 4.78 is 4.87. The third-order valence-corrected chi connectivity index (χ3v) is 13.5. The number of rotatable bonds is 3. The number of aliphatic imine (C=N–C) groups is 1. The monoisotopic (exact) mass is 780 g/mol.